The molecule has 1 unspecified atom stereocenters. The molecule has 6 nitrogen and oxygen atoms in total. The molecule has 0 N–H and O–H groups in total. The van der Waals surface area contributed by atoms with Gasteiger partial charge in [0.25, 0.3) is 0 Å². The van der Waals surface area contributed by atoms with Gasteiger partial charge in [0.05, 0.1) is 0 Å². The molecule has 0 bridgehead atoms. The molecule has 0 spiro atoms. The zero-order valence-electron chi connectivity index (χ0n) is 48.9. The first kappa shape index (κ1) is 71.5. The Kier molecular flexibility index (Phi) is 58.6. The zero-order chi connectivity index (χ0) is 55.7. The molecule has 0 aliphatic heterocycles. The van der Waals surface area contributed by atoms with E-state index in [1.165, 1.54) is 0 Å². The molecule has 0 radical (unpaired) electrons. The van der Waals surface area contributed by atoms with Crippen LogP contribution in [0.3, 0.4) is 0 Å². The topological polar surface area (TPSA) is 78.9 Å². The van der Waals surface area contributed by atoms with E-state index in [0.717, 1.165) is 186 Å². The average molecular weight is 1060 g/mol. The number of hydrogen-bond acceptors (Lipinski definition) is 6. The first-order valence-corrected chi connectivity index (χ1v) is 30.3. The minimum Gasteiger partial charge on any atom is -0.462 e. The number of ether oxygens (including phenoxy) is 3. The number of rotatable bonds is 52. The minimum absolute atomic E-state index is 0.122. The van der Waals surface area contributed by atoms with Crippen molar-refractivity contribution in [2.45, 2.75) is 232 Å². The van der Waals surface area contributed by atoms with Gasteiger partial charge in [-0.1, -0.05) is 235 Å². The molecule has 0 rings (SSSR count). The molecular formula is C71H108O6. The van der Waals surface area contributed by atoms with Gasteiger partial charge in [-0.25, -0.2) is 0 Å². The van der Waals surface area contributed by atoms with E-state index in [1.54, 1.807) is 0 Å². The number of allylic oxidation sites excluding steroid dienone is 30. The average Bonchev–Trinajstić information content (AvgIpc) is 3.43. The molecule has 0 aromatic rings. The van der Waals surface area contributed by atoms with Crippen LogP contribution in [0.1, 0.15) is 226 Å². The first-order chi connectivity index (χ1) is 38.0. The summed E-state index contributed by atoms with van der Waals surface area (Å²) in [7, 11) is 0. The number of carbonyl (C=O) groups excluding carboxylic acids is 3. The fourth-order valence-corrected chi connectivity index (χ4v) is 7.46. The lowest BCUT2D eigenvalue weighted by Gasteiger charge is -2.18. The largest absolute Gasteiger partial charge is 0.462 e. The van der Waals surface area contributed by atoms with Gasteiger partial charge < -0.3 is 14.2 Å². The summed E-state index contributed by atoms with van der Waals surface area (Å²) in [5.74, 6) is -1.01. The Hall–Kier alpha value is -5.49. The molecule has 0 aromatic carbocycles. The van der Waals surface area contributed by atoms with E-state index in [1.807, 2.05) is 0 Å². The highest BCUT2D eigenvalue weighted by Crippen LogP contribution is 2.12. The highest BCUT2D eigenvalue weighted by Gasteiger charge is 2.19. The molecular weight excluding hydrogens is 949 g/mol. The Morgan fingerprint density at radius 2 is 0.468 bits per heavy atom. The van der Waals surface area contributed by atoms with E-state index in [9.17, 15) is 14.4 Å². The van der Waals surface area contributed by atoms with Crippen molar-refractivity contribution in [3.8, 4) is 0 Å². The second-order valence-electron chi connectivity index (χ2n) is 19.1. The van der Waals surface area contributed by atoms with Crippen molar-refractivity contribution < 1.29 is 28.6 Å². The number of carbonyl (C=O) groups is 3. The van der Waals surface area contributed by atoms with E-state index in [2.05, 4.69) is 203 Å². The second-order valence-corrected chi connectivity index (χ2v) is 19.1. The summed E-state index contributed by atoms with van der Waals surface area (Å²) in [5, 5.41) is 0. The molecule has 0 aromatic heterocycles. The summed E-state index contributed by atoms with van der Waals surface area (Å²) < 4.78 is 16.8. The number of hydrogen-bond donors (Lipinski definition) is 0. The van der Waals surface area contributed by atoms with Gasteiger partial charge in [0, 0.05) is 19.3 Å². The maximum Gasteiger partial charge on any atom is 0.306 e. The molecule has 77 heavy (non-hydrogen) atoms. The molecule has 0 amide bonds. The number of esters is 3. The van der Waals surface area contributed by atoms with Crippen LogP contribution in [-0.2, 0) is 28.6 Å². The molecule has 0 aliphatic carbocycles. The van der Waals surface area contributed by atoms with Gasteiger partial charge in [0.2, 0.25) is 0 Å². The predicted octanol–water partition coefficient (Wildman–Crippen LogP) is 20.9. The van der Waals surface area contributed by atoms with Crippen LogP contribution in [0.25, 0.3) is 0 Å². The minimum atomic E-state index is -0.827. The van der Waals surface area contributed by atoms with Crippen molar-refractivity contribution >= 4 is 17.9 Å². The summed E-state index contributed by atoms with van der Waals surface area (Å²) >= 11 is 0. The smallest absolute Gasteiger partial charge is 0.306 e. The lowest BCUT2D eigenvalue weighted by Crippen LogP contribution is -2.30. The maximum absolute atomic E-state index is 12.9. The van der Waals surface area contributed by atoms with Gasteiger partial charge in [-0.05, 0) is 154 Å². The van der Waals surface area contributed by atoms with E-state index in [4.69, 9.17) is 14.2 Å². The third-order valence-electron chi connectivity index (χ3n) is 11.9. The lowest BCUT2D eigenvalue weighted by atomic mass is 10.1. The van der Waals surface area contributed by atoms with Crippen LogP contribution in [0.2, 0.25) is 0 Å². The normalized spacial score (nSPS) is 13.4. The van der Waals surface area contributed by atoms with Crippen molar-refractivity contribution in [2.75, 3.05) is 13.2 Å². The molecule has 0 saturated carbocycles. The first-order valence-electron chi connectivity index (χ1n) is 30.3. The fourth-order valence-electron chi connectivity index (χ4n) is 7.46. The van der Waals surface area contributed by atoms with E-state index >= 15 is 0 Å². The van der Waals surface area contributed by atoms with Crippen LogP contribution in [0.5, 0.6) is 0 Å². The van der Waals surface area contributed by atoms with Gasteiger partial charge >= 0.3 is 17.9 Å². The third-order valence-corrected chi connectivity index (χ3v) is 11.9. The van der Waals surface area contributed by atoms with Crippen molar-refractivity contribution in [1.29, 1.82) is 0 Å². The van der Waals surface area contributed by atoms with Gasteiger partial charge in [0.1, 0.15) is 13.2 Å². The van der Waals surface area contributed by atoms with E-state index in [-0.39, 0.29) is 37.5 Å². The Morgan fingerprint density at radius 3 is 0.727 bits per heavy atom. The molecule has 428 valence electrons. The van der Waals surface area contributed by atoms with Crippen LogP contribution in [-0.4, -0.2) is 37.2 Å². The van der Waals surface area contributed by atoms with Crippen molar-refractivity contribution in [3.63, 3.8) is 0 Å². The Morgan fingerprint density at radius 1 is 0.260 bits per heavy atom. The van der Waals surface area contributed by atoms with Crippen LogP contribution in [0.15, 0.2) is 182 Å². The molecule has 0 fully saturated rings. The van der Waals surface area contributed by atoms with Crippen LogP contribution < -0.4 is 0 Å². The summed E-state index contributed by atoms with van der Waals surface area (Å²) in [6.07, 6.45) is 94.6. The van der Waals surface area contributed by atoms with Gasteiger partial charge in [-0.2, -0.15) is 0 Å². The zero-order valence-corrected chi connectivity index (χ0v) is 48.9. The third kappa shape index (κ3) is 61.2. The highest BCUT2D eigenvalue weighted by atomic mass is 16.6. The maximum atomic E-state index is 12.9. The highest BCUT2D eigenvalue weighted by molar-refractivity contribution is 5.71. The Balaban J connectivity index is 4.53. The molecule has 0 aliphatic rings. The van der Waals surface area contributed by atoms with Crippen LogP contribution in [0.4, 0.5) is 0 Å². The SMILES string of the molecule is CC/C=C\C/C=C\C/C=C\C/C=C\C/C=C\C/C=C\CCCCCCC(=O)OCC(COC(=O)CCCCC/C=C\C/C=C\C/C=C\CC)OC(=O)CCCCCC/C=C\C/C=C\C/C=C\C/C=C\C/C=C\C/C=C\CC. The second kappa shape index (κ2) is 63.0. The molecule has 0 saturated heterocycles. The lowest BCUT2D eigenvalue weighted by molar-refractivity contribution is -0.167. The predicted molar refractivity (Wildman–Crippen MR) is 334 cm³/mol. The summed E-state index contributed by atoms with van der Waals surface area (Å²) in [6, 6.07) is 0. The van der Waals surface area contributed by atoms with Crippen molar-refractivity contribution in [3.05, 3.63) is 182 Å². The fraction of sp³-hybridized carbons (Fsp3) is 0.535. The van der Waals surface area contributed by atoms with E-state index < -0.39 is 6.10 Å². The van der Waals surface area contributed by atoms with Crippen molar-refractivity contribution in [2.24, 2.45) is 0 Å². The molecule has 0 heterocycles. The molecule has 6 heteroatoms. The van der Waals surface area contributed by atoms with Gasteiger partial charge in [0.15, 0.2) is 6.10 Å². The van der Waals surface area contributed by atoms with E-state index in [0.29, 0.717) is 12.8 Å². The Labute approximate surface area is 472 Å². The summed E-state index contributed by atoms with van der Waals surface area (Å²) in [6.45, 7) is 6.21. The van der Waals surface area contributed by atoms with Gasteiger partial charge in [-0.3, -0.25) is 14.4 Å². The van der Waals surface area contributed by atoms with Crippen LogP contribution in [0, 0.1) is 0 Å². The number of unbranched alkanes of at least 4 members (excludes halogenated alkanes) is 11. The molecule has 1 atom stereocenters. The van der Waals surface area contributed by atoms with Crippen molar-refractivity contribution in [1.82, 2.24) is 0 Å². The summed E-state index contributed by atoms with van der Waals surface area (Å²) in [4.78, 5) is 38.2. The summed E-state index contributed by atoms with van der Waals surface area (Å²) in [5.41, 5.74) is 0. The standard InChI is InChI=1S/C71H108O6/c1-4-7-10-13-16-19-22-25-27-29-31-33-35-37-39-41-43-46-49-52-55-58-61-64-70(73)76-67-68(66-75-69(72)63-60-57-54-51-48-45-24-21-18-15-12-9-6-3)77-71(74)65-62-59-56-53-50-47-44-42-40-38-36-34-32-30-28-26-23-20-17-14-11-8-5-2/h7-12,16-21,25-28,31-34,37-40,43-48,68H,4-6,13-15,22-24,29-30,35-36,41-42,49-67H2,1-3H3/b10-7-,11-8-,12-9-,19-16-,20-17-,21-18-,27-25-,28-26-,33-31-,34-32-,39-37-,40-38-,46-43-,47-44-,48-45-. The van der Waals surface area contributed by atoms with Crippen LogP contribution >= 0.6 is 0 Å². The van der Waals surface area contributed by atoms with Gasteiger partial charge in [-0.15, -0.1) is 0 Å². The monoisotopic (exact) mass is 1060 g/mol. The quantitative estimate of drug-likeness (QED) is 0.0261. The Bertz CT molecular complexity index is 1840.